The van der Waals surface area contributed by atoms with Crippen molar-refractivity contribution in [2.45, 2.75) is 19.9 Å². The average Bonchev–Trinajstić information content (AvgIpc) is 2.56. The van der Waals surface area contributed by atoms with Gasteiger partial charge in [-0.2, -0.15) is 0 Å². The van der Waals surface area contributed by atoms with Crippen molar-refractivity contribution in [2.24, 2.45) is 0 Å². The Balaban J connectivity index is 1.77. The quantitative estimate of drug-likeness (QED) is 0.914. The number of aromatic hydroxyl groups is 1. The molecule has 0 saturated heterocycles. The molecule has 1 unspecified atom stereocenters. The van der Waals surface area contributed by atoms with E-state index in [-0.39, 0.29) is 23.3 Å². The molecule has 0 aromatic heterocycles. The maximum Gasteiger partial charge on any atom is 0.255 e. The maximum atomic E-state index is 12.4. The van der Waals surface area contributed by atoms with E-state index in [0.29, 0.717) is 19.0 Å². The summed E-state index contributed by atoms with van der Waals surface area (Å²) in [6.07, 6.45) is 0. The molecule has 0 spiro atoms. The van der Waals surface area contributed by atoms with Crippen molar-refractivity contribution in [1.82, 2.24) is 5.32 Å². The molecule has 1 heterocycles. The van der Waals surface area contributed by atoms with Gasteiger partial charge in [-0.05, 0) is 43.7 Å². The normalized spacial score (nSPS) is 14.2. The topological polar surface area (TPSA) is 67.8 Å². The smallest absolute Gasteiger partial charge is 0.255 e. The number of aryl methyl sites for hydroxylation is 1. The lowest BCUT2D eigenvalue weighted by molar-refractivity contribution is 0.0937. The van der Waals surface area contributed by atoms with Gasteiger partial charge < -0.3 is 19.9 Å². The van der Waals surface area contributed by atoms with Crippen LogP contribution in [0.3, 0.4) is 0 Å². The van der Waals surface area contributed by atoms with Gasteiger partial charge in [-0.25, -0.2) is 0 Å². The number of amides is 1. The highest BCUT2D eigenvalue weighted by Gasteiger charge is 2.18. The largest absolute Gasteiger partial charge is 0.507 e. The molecule has 2 aromatic carbocycles. The summed E-state index contributed by atoms with van der Waals surface area (Å²) in [5.41, 5.74) is 2.10. The van der Waals surface area contributed by atoms with Crippen LogP contribution in [0.4, 0.5) is 0 Å². The second-order valence-corrected chi connectivity index (χ2v) is 5.62. The third-order valence-corrected chi connectivity index (χ3v) is 3.81. The van der Waals surface area contributed by atoms with Crippen molar-refractivity contribution in [3.8, 4) is 17.2 Å². The lowest BCUT2D eigenvalue weighted by Crippen LogP contribution is -2.27. The van der Waals surface area contributed by atoms with Crippen LogP contribution in [0.5, 0.6) is 17.2 Å². The van der Waals surface area contributed by atoms with Crippen molar-refractivity contribution in [1.29, 1.82) is 0 Å². The van der Waals surface area contributed by atoms with E-state index in [4.69, 9.17) is 9.47 Å². The van der Waals surface area contributed by atoms with Gasteiger partial charge in [0, 0.05) is 0 Å². The molecular formula is C18H19NO4. The molecule has 1 aliphatic heterocycles. The molecule has 23 heavy (non-hydrogen) atoms. The van der Waals surface area contributed by atoms with Crippen molar-refractivity contribution in [3.05, 3.63) is 53.1 Å². The fourth-order valence-corrected chi connectivity index (χ4v) is 2.52. The minimum absolute atomic E-state index is 0.0255. The van der Waals surface area contributed by atoms with Crippen molar-refractivity contribution in [2.75, 3.05) is 13.2 Å². The van der Waals surface area contributed by atoms with Crippen LogP contribution in [0.15, 0.2) is 36.4 Å². The Labute approximate surface area is 134 Å². The van der Waals surface area contributed by atoms with E-state index in [9.17, 15) is 9.90 Å². The lowest BCUT2D eigenvalue weighted by Gasteiger charge is -2.21. The highest BCUT2D eigenvalue weighted by Crippen LogP contribution is 2.32. The molecule has 0 saturated carbocycles. The molecule has 0 aliphatic carbocycles. The van der Waals surface area contributed by atoms with Crippen LogP contribution in [0, 0.1) is 6.92 Å². The van der Waals surface area contributed by atoms with Gasteiger partial charge in [0.2, 0.25) is 0 Å². The zero-order valence-electron chi connectivity index (χ0n) is 13.1. The molecule has 3 rings (SSSR count). The second-order valence-electron chi connectivity index (χ2n) is 5.62. The Kier molecular flexibility index (Phi) is 4.10. The van der Waals surface area contributed by atoms with Gasteiger partial charge in [0.1, 0.15) is 19.0 Å². The lowest BCUT2D eigenvalue weighted by atomic mass is 10.1. The van der Waals surface area contributed by atoms with E-state index in [2.05, 4.69) is 5.32 Å². The number of fused-ring (bicyclic) bond motifs is 1. The van der Waals surface area contributed by atoms with Crippen molar-refractivity contribution >= 4 is 5.91 Å². The number of carbonyl (C=O) groups is 1. The van der Waals surface area contributed by atoms with E-state index in [1.54, 1.807) is 12.1 Å². The average molecular weight is 313 g/mol. The third kappa shape index (κ3) is 3.23. The Hall–Kier alpha value is -2.69. The second kappa shape index (κ2) is 6.20. The third-order valence-electron chi connectivity index (χ3n) is 3.81. The number of nitrogens with one attached hydrogen (secondary N) is 1. The minimum Gasteiger partial charge on any atom is -0.507 e. The number of hydrogen-bond acceptors (Lipinski definition) is 4. The zero-order valence-corrected chi connectivity index (χ0v) is 13.1. The first-order valence-corrected chi connectivity index (χ1v) is 7.54. The monoisotopic (exact) mass is 313 g/mol. The highest BCUT2D eigenvalue weighted by atomic mass is 16.6. The summed E-state index contributed by atoms with van der Waals surface area (Å²) in [6, 6.07) is 10.3. The van der Waals surface area contributed by atoms with Crippen LogP contribution in [0.1, 0.15) is 34.5 Å². The molecule has 5 heteroatoms. The summed E-state index contributed by atoms with van der Waals surface area (Å²) in [5.74, 6) is 1.07. The Morgan fingerprint density at radius 3 is 2.65 bits per heavy atom. The van der Waals surface area contributed by atoms with E-state index in [1.807, 2.05) is 32.0 Å². The summed E-state index contributed by atoms with van der Waals surface area (Å²) in [5, 5.41) is 12.7. The molecule has 2 aromatic rings. The van der Waals surface area contributed by atoms with Crippen LogP contribution in [-0.2, 0) is 0 Å². The van der Waals surface area contributed by atoms with Gasteiger partial charge in [-0.15, -0.1) is 0 Å². The standard InChI is InChI=1S/C18H19NO4/c1-11-3-5-15(20)14(9-11)18(21)19-12(2)13-4-6-16-17(10-13)23-8-7-22-16/h3-6,9-10,12,20H,7-8H2,1-2H3,(H,19,21). The predicted molar refractivity (Wildman–Crippen MR) is 86.2 cm³/mol. The molecule has 0 bridgehead atoms. The van der Waals surface area contributed by atoms with E-state index < -0.39 is 0 Å². The fraction of sp³-hybridized carbons (Fsp3) is 0.278. The Morgan fingerprint density at radius 2 is 1.87 bits per heavy atom. The summed E-state index contributed by atoms with van der Waals surface area (Å²) < 4.78 is 11.1. The van der Waals surface area contributed by atoms with Gasteiger partial charge in [0.05, 0.1) is 11.6 Å². The molecule has 1 atom stereocenters. The zero-order chi connectivity index (χ0) is 16.4. The number of hydrogen-bond donors (Lipinski definition) is 2. The molecule has 120 valence electrons. The molecule has 1 amide bonds. The fourth-order valence-electron chi connectivity index (χ4n) is 2.52. The van der Waals surface area contributed by atoms with E-state index in [1.165, 1.54) is 6.07 Å². The first kappa shape index (κ1) is 15.2. The Bertz CT molecular complexity index is 742. The number of carbonyl (C=O) groups excluding carboxylic acids is 1. The van der Waals surface area contributed by atoms with Gasteiger partial charge in [0.15, 0.2) is 11.5 Å². The van der Waals surface area contributed by atoms with Gasteiger partial charge >= 0.3 is 0 Å². The highest BCUT2D eigenvalue weighted by molar-refractivity contribution is 5.97. The summed E-state index contributed by atoms with van der Waals surface area (Å²) >= 11 is 0. The molecule has 0 fully saturated rings. The van der Waals surface area contributed by atoms with Crippen LogP contribution in [0.2, 0.25) is 0 Å². The number of benzene rings is 2. The minimum atomic E-state index is -0.311. The van der Waals surface area contributed by atoms with Gasteiger partial charge in [-0.3, -0.25) is 4.79 Å². The van der Waals surface area contributed by atoms with E-state index in [0.717, 1.165) is 16.9 Å². The predicted octanol–water partition coefficient (Wildman–Crippen LogP) is 2.96. The summed E-state index contributed by atoms with van der Waals surface area (Å²) in [6.45, 7) is 4.83. The van der Waals surface area contributed by atoms with Crippen LogP contribution in [-0.4, -0.2) is 24.2 Å². The number of phenolic OH excluding ortho intramolecular Hbond substituents is 1. The molecule has 0 radical (unpaired) electrons. The maximum absolute atomic E-state index is 12.4. The first-order chi connectivity index (χ1) is 11.0. The number of ether oxygens (including phenoxy) is 2. The molecule has 5 nitrogen and oxygen atoms in total. The first-order valence-electron chi connectivity index (χ1n) is 7.54. The van der Waals surface area contributed by atoms with Crippen LogP contribution >= 0.6 is 0 Å². The number of phenols is 1. The Morgan fingerprint density at radius 1 is 1.13 bits per heavy atom. The van der Waals surface area contributed by atoms with Crippen molar-refractivity contribution in [3.63, 3.8) is 0 Å². The van der Waals surface area contributed by atoms with Crippen LogP contribution in [0.25, 0.3) is 0 Å². The summed E-state index contributed by atoms with van der Waals surface area (Å²) in [7, 11) is 0. The molecule has 1 aliphatic rings. The van der Waals surface area contributed by atoms with Gasteiger partial charge in [-0.1, -0.05) is 17.7 Å². The van der Waals surface area contributed by atoms with Gasteiger partial charge in [0.25, 0.3) is 5.91 Å². The summed E-state index contributed by atoms with van der Waals surface area (Å²) in [4.78, 5) is 12.4. The molecular weight excluding hydrogens is 294 g/mol. The molecule has 2 N–H and O–H groups in total. The SMILES string of the molecule is Cc1ccc(O)c(C(=O)NC(C)c2ccc3c(c2)OCCO3)c1. The van der Waals surface area contributed by atoms with E-state index >= 15 is 0 Å². The van der Waals surface area contributed by atoms with Crippen LogP contribution < -0.4 is 14.8 Å². The number of rotatable bonds is 3. The van der Waals surface area contributed by atoms with Crippen molar-refractivity contribution < 1.29 is 19.4 Å².